The van der Waals surface area contributed by atoms with Crippen LogP contribution in [0.3, 0.4) is 0 Å². The highest BCUT2D eigenvalue weighted by Gasteiger charge is 2.24. The molecule has 0 aliphatic carbocycles. The second-order valence-electron chi connectivity index (χ2n) is 3.21. The van der Waals surface area contributed by atoms with Crippen LogP contribution in [0.4, 0.5) is 0 Å². The van der Waals surface area contributed by atoms with E-state index in [0.29, 0.717) is 0 Å². The monoisotopic (exact) mass is 315 g/mol. The van der Waals surface area contributed by atoms with Crippen molar-refractivity contribution in [2.45, 2.75) is 17.0 Å². The first-order valence-corrected chi connectivity index (χ1v) is 7.25. The molecule has 0 rings (SSSR count). The molecule has 0 spiro atoms. The molecular formula is C8H14BrNO5S. The van der Waals surface area contributed by atoms with Gasteiger partial charge in [0.1, 0.15) is 10.1 Å². The molecule has 1 amide bonds. The number of ether oxygens (including phenoxy) is 1. The molecule has 0 aromatic rings. The Morgan fingerprint density at radius 1 is 1.44 bits per heavy atom. The predicted molar refractivity (Wildman–Crippen MR) is 62.0 cm³/mol. The minimum atomic E-state index is -3.42. The molecule has 0 aromatic heterocycles. The second-order valence-corrected chi connectivity index (χ2v) is 6.68. The lowest BCUT2D eigenvalue weighted by atomic mass is 10.4. The second kappa shape index (κ2) is 6.19. The molecule has 2 unspecified atom stereocenters. The van der Waals surface area contributed by atoms with E-state index in [1.54, 1.807) is 0 Å². The lowest BCUT2D eigenvalue weighted by Crippen LogP contribution is -2.41. The largest absolute Gasteiger partial charge is 0.468 e. The van der Waals surface area contributed by atoms with E-state index in [4.69, 9.17) is 0 Å². The van der Waals surface area contributed by atoms with Crippen LogP contribution in [-0.2, 0) is 24.2 Å². The highest BCUT2D eigenvalue weighted by molar-refractivity contribution is 9.10. The van der Waals surface area contributed by atoms with Gasteiger partial charge in [-0.2, -0.15) is 0 Å². The topological polar surface area (TPSA) is 89.5 Å². The Balaban J connectivity index is 4.24. The summed E-state index contributed by atoms with van der Waals surface area (Å²) in [5.74, 6) is -1.18. The average molecular weight is 316 g/mol. The number of hydrogen-bond donors (Lipinski definition) is 1. The zero-order chi connectivity index (χ0) is 12.9. The number of amides is 1. The minimum Gasteiger partial charge on any atom is -0.468 e. The van der Waals surface area contributed by atoms with Crippen molar-refractivity contribution in [3.8, 4) is 0 Å². The van der Waals surface area contributed by atoms with Crippen LogP contribution < -0.4 is 5.32 Å². The van der Waals surface area contributed by atoms with Gasteiger partial charge >= 0.3 is 5.97 Å². The highest BCUT2D eigenvalue weighted by Crippen LogP contribution is 2.02. The Bertz CT molecular complexity index is 367. The molecule has 94 valence electrons. The fourth-order valence-electron chi connectivity index (χ4n) is 0.740. The SMILES string of the molecule is COC(=O)C(Br)CNC(=O)C(C)S(C)(=O)=O. The van der Waals surface area contributed by atoms with Crippen LogP contribution in [0.5, 0.6) is 0 Å². The van der Waals surface area contributed by atoms with Crippen molar-refractivity contribution >= 4 is 37.6 Å². The van der Waals surface area contributed by atoms with Gasteiger partial charge in [0.25, 0.3) is 0 Å². The molecule has 8 heteroatoms. The van der Waals surface area contributed by atoms with E-state index in [1.807, 2.05) is 0 Å². The summed E-state index contributed by atoms with van der Waals surface area (Å²) in [6.07, 6.45) is 0.975. The maximum absolute atomic E-state index is 11.3. The minimum absolute atomic E-state index is 0.0225. The van der Waals surface area contributed by atoms with Gasteiger partial charge in [-0.05, 0) is 6.92 Å². The number of sulfone groups is 1. The number of carbonyl (C=O) groups is 2. The Morgan fingerprint density at radius 3 is 2.31 bits per heavy atom. The molecule has 0 bridgehead atoms. The van der Waals surface area contributed by atoms with Gasteiger partial charge < -0.3 is 10.1 Å². The Labute approximate surface area is 103 Å². The van der Waals surface area contributed by atoms with Crippen LogP contribution in [0.15, 0.2) is 0 Å². The van der Waals surface area contributed by atoms with Gasteiger partial charge in [0, 0.05) is 12.8 Å². The summed E-state index contributed by atoms with van der Waals surface area (Å²) in [5.41, 5.74) is 0. The van der Waals surface area contributed by atoms with Gasteiger partial charge in [-0.15, -0.1) is 0 Å². The Kier molecular flexibility index (Phi) is 5.95. The van der Waals surface area contributed by atoms with Gasteiger partial charge in [0.2, 0.25) is 5.91 Å². The fraction of sp³-hybridized carbons (Fsp3) is 0.750. The molecule has 0 aromatic carbocycles. The van der Waals surface area contributed by atoms with Crippen molar-refractivity contribution in [2.75, 3.05) is 19.9 Å². The predicted octanol–water partition coefficient (Wildman–Crippen LogP) is -0.528. The fourth-order valence-corrected chi connectivity index (χ4v) is 1.56. The van der Waals surface area contributed by atoms with Crippen LogP contribution in [0.1, 0.15) is 6.92 Å². The Hall–Kier alpha value is -0.630. The first-order valence-electron chi connectivity index (χ1n) is 4.38. The maximum atomic E-state index is 11.3. The number of hydrogen-bond acceptors (Lipinski definition) is 5. The number of halogens is 1. The van der Waals surface area contributed by atoms with Crippen LogP contribution in [-0.4, -0.2) is 50.3 Å². The summed E-state index contributed by atoms with van der Waals surface area (Å²) in [4.78, 5) is 21.6. The normalized spacial score (nSPS) is 15.0. The van der Waals surface area contributed by atoms with Crippen LogP contribution in [0.25, 0.3) is 0 Å². The summed E-state index contributed by atoms with van der Waals surface area (Å²) in [5, 5.41) is 1.20. The first-order chi connectivity index (χ1) is 7.20. The van der Waals surface area contributed by atoms with E-state index < -0.39 is 31.8 Å². The zero-order valence-electron chi connectivity index (χ0n) is 9.19. The van der Waals surface area contributed by atoms with Gasteiger partial charge in [-0.3, -0.25) is 9.59 Å². The van der Waals surface area contributed by atoms with E-state index >= 15 is 0 Å². The lowest BCUT2D eigenvalue weighted by molar-refractivity contribution is -0.139. The maximum Gasteiger partial charge on any atom is 0.321 e. The summed E-state index contributed by atoms with van der Waals surface area (Å²) in [6, 6.07) is 0. The Morgan fingerprint density at radius 2 is 1.94 bits per heavy atom. The van der Waals surface area contributed by atoms with E-state index in [9.17, 15) is 18.0 Å². The quantitative estimate of drug-likeness (QED) is 0.544. The van der Waals surface area contributed by atoms with E-state index in [0.717, 1.165) is 6.26 Å². The van der Waals surface area contributed by atoms with Crippen LogP contribution in [0.2, 0.25) is 0 Å². The molecule has 0 fully saturated rings. The molecule has 0 radical (unpaired) electrons. The molecule has 0 saturated heterocycles. The third-order valence-electron chi connectivity index (χ3n) is 1.92. The molecule has 16 heavy (non-hydrogen) atoms. The third-order valence-corrected chi connectivity index (χ3v) is 4.12. The number of esters is 1. The van der Waals surface area contributed by atoms with Gasteiger partial charge in [0.15, 0.2) is 9.84 Å². The van der Waals surface area contributed by atoms with Crippen LogP contribution >= 0.6 is 15.9 Å². The summed E-state index contributed by atoms with van der Waals surface area (Å²) >= 11 is 2.99. The van der Waals surface area contributed by atoms with Gasteiger partial charge in [-0.1, -0.05) is 15.9 Å². The molecule has 0 saturated carbocycles. The zero-order valence-corrected chi connectivity index (χ0v) is 11.6. The molecule has 2 atom stereocenters. The molecule has 0 aliphatic heterocycles. The van der Waals surface area contributed by atoms with Crippen molar-refractivity contribution in [2.24, 2.45) is 0 Å². The van der Waals surface area contributed by atoms with Crippen molar-refractivity contribution in [1.82, 2.24) is 5.32 Å². The number of nitrogens with one attached hydrogen (secondary N) is 1. The van der Waals surface area contributed by atoms with Crippen molar-refractivity contribution in [3.05, 3.63) is 0 Å². The van der Waals surface area contributed by atoms with Gasteiger partial charge in [0.05, 0.1) is 7.11 Å². The van der Waals surface area contributed by atoms with E-state index in [-0.39, 0.29) is 6.54 Å². The third kappa shape index (κ3) is 4.93. The number of methoxy groups -OCH3 is 1. The smallest absolute Gasteiger partial charge is 0.321 e. The van der Waals surface area contributed by atoms with Crippen molar-refractivity contribution in [1.29, 1.82) is 0 Å². The lowest BCUT2D eigenvalue weighted by Gasteiger charge is -2.12. The average Bonchev–Trinajstić information content (AvgIpc) is 2.21. The molecule has 0 heterocycles. The van der Waals surface area contributed by atoms with Crippen LogP contribution in [0, 0.1) is 0 Å². The molecule has 0 aliphatic rings. The van der Waals surface area contributed by atoms with Crippen molar-refractivity contribution in [3.63, 3.8) is 0 Å². The highest BCUT2D eigenvalue weighted by atomic mass is 79.9. The first kappa shape index (κ1) is 15.4. The number of carbonyl (C=O) groups excluding carboxylic acids is 2. The van der Waals surface area contributed by atoms with Gasteiger partial charge in [-0.25, -0.2) is 8.42 Å². The van der Waals surface area contributed by atoms with E-state index in [1.165, 1.54) is 14.0 Å². The van der Waals surface area contributed by atoms with E-state index in [2.05, 4.69) is 26.0 Å². The summed E-state index contributed by atoms with van der Waals surface area (Å²) in [7, 11) is -2.20. The van der Waals surface area contributed by atoms with Crippen molar-refractivity contribution < 1.29 is 22.7 Å². The molecular weight excluding hydrogens is 302 g/mol. The number of rotatable bonds is 5. The number of alkyl halides is 1. The molecule has 6 nitrogen and oxygen atoms in total. The molecule has 1 N–H and O–H groups in total. The standard InChI is InChI=1S/C8H14BrNO5S/c1-5(16(3,13)14)7(11)10-4-6(9)8(12)15-2/h5-6H,4H2,1-3H3,(H,10,11). The summed E-state index contributed by atoms with van der Waals surface area (Å²) in [6.45, 7) is 1.26. The summed E-state index contributed by atoms with van der Waals surface area (Å²) < 4.78 is 26.5.